The fourth-order valence-corrected chi connectivity index (χ4v) is 2.22. The maximum Gasteiger partial charge on any atom is 0.340 e. The van der Waals surface area contributed by atoms with E-state index in [0.29, 0.717) is 11.3 Å². The number of nitrogens with two attached hydrogens (primary N) is 1. The number of anilines is 1. The van der Waals surface area contributed by atoms with Crippen LogP contribution in [0.4, 0.5) is 5.69 Å². The molecule has 120 valence electrons. The number of ether oxygens (including phenoxy) is 1. The van der Waals surface area contributed by atoms with Crippen LogP contribution < -0.4 is 5.73 Å². The van der Waals surface area contributed by atoms with Crippen LogP contribution in [0.5, 0.6) is 0 Å². The predicted molar refractivity (Wildman–Crippen MR) is 85.6 cm³/mol. The maximum absolute atomic E-state index is 11.8. The number of carbonyl (C=O) groups excluding carboxylic acids is 1. The van der Waals surface area contributed by atoms with Gasteiger partial charge in [-0.2, -0.15) is 0 Å². The van der Waals surface area contributed by atoms with Crippen LogP contribution in [-0.2, 0) is 9.53 Å². The molecule has 0 bridgehead atoms. The first-order valence-corrected chi connectivity index (χ1v) is 7.45. The van der Waals surface area contributed by atoms with Crippen molar-refractivity contribution in [2.75, 3.05) is 5.73 Å². The molecule has 1 aliphatic carbocycles. The Balaban J connectivity index is 0.000000346. The smallest absolute Gasteiger partial charge is 0.340 e. The summed E-state index contributed by atoms with van der Waals surface area (Å²) < 4.78 is 5.44. The van der Waals surface area contributed by atoms with Crippen molar-refractivity contribution < 1.29 is 19.4 Å². The van der Waals surface area contributed by atoms with E-state index in [1.807, 2.05) is 6.07 Å². The molecule has 1 fully saturated rings. The summed E-state index contributed by atoms with van der Waals surface area (Å²) in [5, 5.41) is 7.83. The molecule has 0 atom stereocenters. The third-order valence-electron chi connectivity index (χ3n) is 3.32. The van der Waals surface area contributed by atoms with Gasteiger partial charge in [0, 0.05) is 11.8 Å². The summed E-state index contributed by atoms with van der Waals surface area (Å²) in [7, 11) is 0. The highest BCUT2D eigenvalue weighted by molar-refractivity contribution is 5.95. The van der Waals surface area contributed by atoms with Gasteiger partial charge in [-0.1, -0.05) is 24.6 Å². The van der Waals surface area contributed by atoms with E-state index in [1.165, 1.54) is 12.5 Å². The standard InChI is InChI=1S/C13H17NO2.C4H6O2/c14-12-9-5-4-8-11(12)13(15)16-10-6-2-1-3-7-10;1-2-3-4(5)6/h4-5,8-10H,1-3,6-7,14H2;2-3H,1H3,(H,5,6). The first-order chi connectivity index (χ1) is 10.5. The molecular formula is C17H23NO4. The highest BCUT2D eigenvalue weighted by Crippen LogP contribution is 2.22. The van der Waals surface area contributed by atoms with Gasteiger partial charge in [-0.25, -0.2) is 9.59 Å². The molecule has 0 heterocycles. The lowest BCUT2D eigenvalue weighted by Gasteiger charge is -2.22. The summed E-state index contributed by atoms with van der Waals surface area (Å²) in [4.78, 5) is 21.3. The molecular weight excluding hydrogens is 282 g/mol. The molecule has 1 saturated carbocycles. The Kier molecular flexibility index (Phi) is 7.75. The van der Waals surface area contributed by atoms with Crippen LogP contribution in [0.15, 0.2) is 36.4 Å². The molecule has 0 aliphatic heterocycles. The van der Waals surface area contributed by atoms with Crippen molar-refractivity contribution >= 4 is 17.6 Å². The van der Waals surface area contributed by atoms with Crippen LogP contribution >= 0.6 is 0 Å². The maximum atomic E-state index is 11.8. The van der Waals surface area contributed by atoms with Gasteiger partial charge in [0.2, 0.25) is 0 Å². The number of benzene rings is 1. The lowest BCUT2D eigenvalue weighted by atomic mass is 9.98. The minimum atomic E-state index is -0.891. The summed E-state index contributed by atoms with van der Waals surface area (Å²) in [5.74, 6) is -1.18. The number of carbonyl (C=O) groups is 2. The zero-order valence-electron chi connectivity index (χ0n) is 12.8. The quantitative estimate of drug-likeness (QED) is 0.507. The minimum Gasteiger partial charge on any atom is -0.478 e. The largest absolute Gasteiger partial charge is 0.478 e. The topological polar surface area (TPSA) is 89.6 Å². The third kappa shape index (κ3) is 6.43. The van der Waals surface area contributed by atoms with Crippen molar-refractivity contribution in [3.63, 3.8) is 0 Å². The van der Waals surface area contributed by atoms with Crippen molar-refractivity contribution in [3.05, 3.63) is 42.0 Å². The van der Waals surface area contributed by atoms with Crippen molar-refractivity contribution in [1.82, 2.24) is 0 Å². The molecule has 1 aliphatic rings. The monoisotopic (exact) mass is 305 g/mol. The first-order valence-electron chi connectivity index (χ1n) is 7.45. The van der Waals surface area contributed by atoms with Crippen LogP contribution in [0.1, 0.15) is 49.4 Å². The minimum absolute atomic E-state index is 0.0841. The molecule has 2 rings (SSSR count). The molecule has 5 heteroatoms. The van der Waals surface area contributed by atoms with E-state index in [-0.39, 0.29) is 12.1 Å². The molecule has 0 spiro atoms. The number of rotatable bonds is 3. The first kappa shape index (κ1) is 17.8. The zero-order valence-corrected chi connectivity index (χ0v) is 12.8. The number of aliphatic carboxylic acids is 1. The number of hydrogen-bond acceptors (Lipinski definition) is 4. The Morgan fingerprint density at radius 1 is 1.23 bits per heavy atom. The molecule has 1 aromatic rings. The van der Waals surface area contributed by atoms with Crippen molar-refractivity contribution in [2.24, 2.45) is 0 Å². The number of carboxylic acids is 1. The van der Waals surface area contributed by atoms with Crippen LogP contribution in [0.25, 0.3) is 0 Å². The summed E-state index contributed by atoms with van der Waals surface area (Å²) in [6.45, 7) is 1.66. The van der Waals surface area contributed by atoms with Crippen LogP contribution in [0, 0.1) is 0 Å². The number of carboxylic acid groups (broad SMARTS) is 1. The van der Waals surface area contributed by atoms with Gasteiger partial charge in [-0.05, 0) is 44.7 Å². The van der Waals surface area contributed by atoms with Crippen LogP contribution in [0.2, 0.25) is 0 Å². The number of nitrogen functional groups attached to an aromatic ring is 1. The van der Waals surface area contributed by atoms with Crippen LogP contribution in [0.3, 0.4) is 0 Å². The molecule has 1 aromatic carbocycles. The zero-order chi connectivity index (χ0) is 16.4. The number of allylic oxidation sites excluding steroid dienone is 1. The lowest BCUT2D eigenvalue weighted by molar-refractivity contribution is -0.131. The molecule has 0 saturated heterocycles. The Morgan fingerprint density at radius 3 is 2.36 bits per heavy atom. The van der Waals surface area contributed by atoms with Crippen LogP contribution in [-0.4, -0.2) is 23.1 Å². The molecule has 0 radical (unpaired) electrons. The molecule has 5 nitrogen and oxygen atoms in total. The highest BCUT2D eigenvalue weighted by Gasteiger charge is 2.19. The Morgan fingerprint density at radius 2 is 1.86 bits per heavy atom. The van der Waals surface area contributed by atoms with E-state index in [4.69, 9.17) is 15.6 Å². The third-order valence-corrected chi connectivity index (χ3v) is 3.32. The van der Waals surface area contributed by atoms with E-state index in [0.717, 1.165) is 31.8 Å². The fourth-order valence-electron chi connectivity index (χ4n) is 2.22. The molecule has 3 N–H and O–H groups in total. The highest BCUT2D eigenvalue weighted by atomic mass is 16.5. The summed E-state index contributed by atoms with van der Waals surface area (Å²) >= 11 is 0. The van der Waals surface area contributed by atoms with E-state index >= 15 is 0 Å². The summed E-state index contributed by atoms with van der Waals surface area (Å²) in [5.41, 5.74) is 6.69. The van der Waals surface area contributed by atoms with Gasteiger partial charge in [-0.15, -0.1) is 0 Å². The second kappa shape index (κ2) is 9.60. The average Bonchev–Trinajstić information content (AvgIpc) is 2.49. The number of esters is 1. The van der Waals surface area contributed by atoms with E-state index in [9.17, 15) is 9.59 Å². The van der Waals surface area contributed by atoms with Gasteiger partial charge in [0.25, 0.3) is 0 Å². The number of hydrogen-bond donors (Lipinski definition) is 2. The SMILES string of the molecule is CC=CC(=O)O.Nc1ccccc1C(=O)OC1CCCCC1. The van der Waals surface area contributed by atoms with E-state index in [2.05, 4.69) is 0 Å². The molecule has 0 aromatic heterocycles. The average molecular weight is 305 g/mol. The van der Waals surface area contributed by atoms with Gasteiger partial charge < -0.3 is 15.6 Å². The van der Waals surface area contributed by atoms with Gasteiger partial charge in [-0.3, -0.25) is 0 Å². The second-order valence-electron chi connectivity index (χ2n) is 5.09. The summed E-state index contributed by atoms with van der Waals surface area (Å²) in [6.07, 6.45) is 8.17. The van der Waals surface area contributed by atoms with E-state index < -0.39 is 5.97 Å². The Labute approximate surface area is 130 Å². The fraction of sp³-hybridized carbons (Fsp3) is 0.412. The van der Waals surface area contributed by atoms with E-state index in [1.54, 1.807) is 25.1 Å². The van der Waals surface area contributed by atoms with Crippen molar-refractivity contribution in [1.29, 1.82) is 0 Å². The molecule has 0 amide bonds. The normalized spacial score (nSPS) is 15.0. The number of para-hydroxylation sites is 1. The second-order valence-corrected chi connectivity index (χ2v) is 5.09. The summed E-state index contributed by atoms with van der Waals surface area (Å²) in [6, 6.07) is 7.04. The Hall–Kier alpha value is -2.30. The van der Waals surface area contributed by atoms with Gasteiger partial charge in [0.1, 0.15) is 6.10 Å². The molecule has 0 unspecified atom stereocenters. The van der Waals surface area contributed by atoms with Gasteiger partial charge in [0.15, 0.2) is 0 Å². The Bertz CT molecular complexity index is 519. The molecule has 22 heavy (non-hydrogen) atoms. The lowest BCUT2D eigenvalue weighted by Crippen LogP contribution is -2.21. The van der Waals surface area contributed by atoms with Gasteiger partial charge >= 0.3 is 11.9 Å². The van der Waals surface area contributed by atoms with Gasteiger partial charge in [0.05, 0.1) is 5.56 Å². The van der Waals surface area contributed by atoms with Crippen molar-refractivity contribution in [2.45, 2.75) is 45.1 Å². The van der Waals surface area contributed by atoms with Crippen molar-refractivity contribution in [3.8, 4) is 0 Å². The predicted octanol–water partition coefficient (Wildman–Crippen LogP) is 3.41.